The number of benzene rings is 2. The molecular formula is C23H17NO4. The molecule has 2 N–H and O–H groups in total. The van der Waals surface area contributed by atoms with Crippen molar-refractivity contribution in [1.29, 1.82) is 0 Å². The fraction of sp³-hybridized carbons (Fsp3) is 0.174. The average molecular weight is 371 g/mol. The van der Waals surface area contributed by atoms with E-state index >= 15 is 0 Å². The number of ketones is 2. The molecule has 1 aliphatic heterocycles. The third-order valence-electron chi connectivity index (χ3n) is 5.76. The van der Waals surface area contributed by atoms with Gasteiger partial charge >= 0.3 is 5.97 Å². The topological polar surface area (TPSA) is 83.5 Å². The monoisotopic (exact) mass is 371 g/mol. The molecular weight excluding hydrogens is 354 g/mol. The van der Waals surface area contributed by atoms with E-state index in [4.69, 9.17) is 5.11 Å². The van der Waals surface area contributed by atoms with Gasteiger partial charge in [-0.25, -0.2) is 4.79 Å². The second-order valence-corrected chi connectivity index (χ2v) is 7.34. The van der Waals surface area contributed by atoms with E-state index in [0.29, 0.717) is 5.56 Å². The molecule has 0 aromatic heterocycles. The highest BCUT2D eigenvalue weighted by atomic mass is 16.4. The van der Waals surface area contributed by atoms with E-state index in [0.717, 1.165) is 24.1 Å². The molecule has 0 saturated heterocycles. The minimum absolute atomic E-state index is 0.0106. The van der Waals surface area contributed by atoms with Crippen LogP contribution in [0.4, 0.5) is 5.69 Å². The first kappa shape index (κ1) is 16.7. The maximum atomic E-state index is 12.9. The smallest absolute Gasteiger partial charge is 0.335 e. The van der Waals surface area contributed by atoms with Gasteiger partial charge in [-0.3, -0.25) is 9.59 Å². The minimum atomic E-state index is -1.12. The molecule has 0 fully saturated rings. The van der Waals surface area contributed by atoms with E-state index < -0.39 is 17.9 Å². The summed E-state index contributed by atoms with van der Waals surface area (Å²) in [4.78, 5) is 37.0. The average Bonchev–Trinajstić information content (AvgIpc) is 2.97. The van der Waals surface area contributed by atoms with E-state index in [2.05, 4.69) is 23.5 Å². The molecule has 28 heavy (non-hydrogen) atoms. The Morgan fingerprint density at radius 3 is 2.64 bits per heavy atom. The summed E-state index contributed by atoms with van der Waals surface area (Å²) in [7, 11) is 0. The number of carboxylic acid groups (broad SMARTS) is 1. The van der Waals surface area contributed by atoms with E-state index in [9.17, 15) is 14.4 Å². The number of nitrogens with one attached hydrogen (secondary N) is 1. The fourth-order valence-corrected chi connectivity index (χ4v) is 4.34. The first-order chi connectivity index (χ1) is 13.5. The predicted molar refractivity (Wildman–Crippen MR) is 106 cm³/mol. The van der Waals surface area contributed by atoms with Crippen molar-refractivity contribution in [2.45, 2.75) is 18.9 Å². The lowest BCUT2D eigenvalue weighted by Crippen LogP contribution is -2.36. The number of carboxylic acids is 1. The van der Waals surface area contributed by atoms with Crippen LogP contribution in [0.2, 0.25) is 0 Å². The molecule has 2 aliphatic carbocycles. The van der Waals surface area contributed by atoms with Gasteiger partial charge in [0.1, 0.15) is 5.92 Å². The zero-order chi connectivity index (χ0) is 19.4. The molecule has 0 amide bonds. The zero-order valence-electron chi connectivity index (χ0n) is 14.9. The summed E-state index contributed by atoms with van der Waals surface area (Å²) in [5.74, 6) is -2.59. The normalized spacial score (nSPS) is 21.7. The lowest BCUT2D eigenvalue weighted by Gasteiger charge is -2.28. The summed E-state index contributed by atoms with van der Waals surface area (Å²) in [6.45, 7) is 0. The van der Waals surface area contributed by atoms with Crippen LogP contribution in [0.3, 0.4) is 0 Å². The lowest BCUT2D eigenvalue weighted by molar-refractivity contribution is 0.0696. The number of Topliss-reactive ketones (excluding diaryl/α,β-unsaturated/α-hetero) is 2. The first-order valence-electron chi connectivity index (χ1n) is 9.27. The Morgan fingerprint density at radius 2 is 1.82 bits per heavy atom. The van der Waals surface area contributed by atoms with Crippen molar-refractivity contribution >= 4 is 35.4 Å². The third-order valence-corrected chi connectivity index (χ3v) is 5.76. The Morgan fingerprint density at radius 1 is 1.00 bits per heavy atom. The molecule has 0 spiro atoms. The molecule has 138 valence electrons. The van der Waals surface area contributed by atoms with Crippen LogP contribution < -0.4 is 5.32 Å². The number of rotatable bonds is 2. The standard InChI is InChI=1S/C23H17NO4/c25-21-16-7-5-13(23(27)28)11-17(16)22(26)20(21)19-10-8-15-14-4-2-1-3-12(14)6-9-18(15)24-19/h2,4-11,19-20,24H,1,3H2,(H,27,28)/t19?,20-/m1/s1. The SMILES string of the molecule is O=C(O)c1ccc2c(c1)C(=O)[C@H](C1C=Cc3c(ccc4c3C=CCC4)N1)C2=O. The van der Waals surface area contributed by atoms with Gasteiger partial charge in [0.15, 0.2) is 11.6 Å². The van der Waals surface area contributed by atoms with Gasteiger partial charge in [0.25, 0.3) is 0 Å². The summed E-state index contributed by atoms with van der Waals surface area (Å²) in [6.07, 6.45) is 10.2. The molecule has 5 nitrogen and oxygen atoms in total. The highest BCUT2D eigenvalue weighted by molar-refractivity contribution is 6.27. The third kappa shape index (κ3) is 2.36. The molecule has 2 aromatic carbocycles. The second kappa shape index (κ2) is 6.02. The Balaban J connectivity index is 1.50. The number of carbonyl (C=O) groups excluding carboxylic acids is 2. The number of aryl methyl sites for hydroxylation is 1. The van der Waals surface area contributed by atoms with E-state index in [1.807, 2.05) is 18.2 Å². The van der Waals surface area contributed by atoms with E-state index in [1.165, 1.54) is 29.3 Å². The van der Waals surface area contributed by atoms with Crippen LogP contribution in [0.25, 0.3) is 12.2 Å². The van der Waals surface area contributed by atoms with Crippen molar-refractivity contribution < 1.29 is 19.5 Å². The molecule has 3 aliphatic rings. The number of hydrogen-bond acceptors (Lipinski definition) is 4. The molecule has 0 saturated carbocycles. The van der Waals surface area contributed by atoms with Crippen LogP contribution >= 0.6 is 0 Å². The van der Waals surface area contributed by atoms with Gasteiger partial charge in [0.2, 0.25) is 0 Å². The fourth-order valence-electron chi connectivity index (χ4n) is 4.34. The zero-order valence-corrected chi connectivity index (χ0v) is 14.9. The second-order valence-electron chi connectivity index (χ2n) is 7.34. The van der Waals surface area contributed by atoms with Gasteiger partial charge in [0, 0.05) is 22.4 Å². The summed E-state index contributed by atoms with van der Waals surface area (Å²) < 4.78 is 0. The van der Waals surface area contributed by atoms with Gasteiger partial charge in [-0.05, 0) is 48.2 Å². The van der Waals surface area contributed by atoms with Gasteiger partial charge in [-0.1, -0.05) is 30.4 Å². The van der Waals surface area contributed by atoms with Gasteiger partial charge in [0.05, 0.1) is 11.6 Å². The number of allylic oxidation sites excluding steroid dienone is 1. The van der Waals surface area contributed by atoms with Crippen LogP contribution in [0.15, 0.2) is 42.5 Å². The van der Waals surface area contributed by atoms with E-state index in [-0.39, 0.29) is 22.7 Å². The lowest BCUT2D eigenvalue weighted by atomic mass is 9.87. The van der Waals surface area contributed by atoms with Crippen molar-refractivity contribution in [1.82, 2.24) is 0 Å². The summed E-state index contributed by atoms with van der Waals surface area (Å²) in [5, 5.41) is 12.5. The number of aromatic carboxylic acids is 1. The van der Waals surface area contributed by atoms with Crippen molar-refractivity contribution in [3.05, 3.63) is 75.9 Å². The van der Waals surface area contributed by atoms with Gasteiger partial charge in [-0.15, -0.1) is 0 Å². The molecule has 5 rings (SSSR count). The maximum absolute atomic E-state index is 12.9. The van der Waals surface area contributed by atoms with Crippen LogP contribution in [-0.2, 0) is 6.42 Å². The van der Waals surface area contributed by atoms with Crippen molar-refractivity contribution in [3.8, 4) is 0 Å². The van der Waals surface area contributed by atoms with Crippen molar-refractivity contribution in [3.63, 3.8) is 0 Å². The maximum Gasteiger partial charge on any atom is 0.335 e. The molecule has 1 unspecified atom stereocenters. The largest absolute Gasteiger partial charge is 0.478 e. The number of fused-ring (bicyclic) bond motifs is 4. The minimum Gasteiger partial charge on any atom is -0.478 e. The van der Waals surface area contributed by atoms with Crippen LogP contribution in [0, 0.1) is 5.92 Å². The van der Waals surface area contributed by atoms with E-state index in [1.54, 1.807) is 0 Å². The highest BCUT2D eigenvalue weighted by Crippen LogP contribution is 2.37. The highest BCUT2D eigenvalue weighted by Gasteiger charge is 2.43. The number of hydrogen-bond donors (Lipinski definition) is 2. The Bertz CT molecular complexity index is 1130. The molecule has 0 radical (unpaired) electrons. The van der Waals surface area contributed by atoms with Gasteiger partial charge < -0.3 is 10.4 Å². The number of anilines is 1. The summed E-state index contributed by atoms with van der Waals surface area (Å²) in [6, 6.07) is 7.75. The van der Waals surface area contributed by atoms with Gasteiger partial charge in [-0.2, -0.15) is 0 Å². The van der Waals surface area contributed by atoms with Crippen molar-refractivity contribution in [2.24, 2.45) is 5.92 Å². The molecule has 0 bridgehead atoms. The Hall–Kier alpha value is -3.47. The van der Waals surface area contributed by atoms with Crippen LogP contribution in [0.1, 0.15) is 54.2 Å². The molecule has 2 aromatic rings. The number of carbonyl (C=O) groups is 3. The quantitative estimate of drug-likeness (QED) is 0.784. The van der Waals surface area contributed by atoms with Crippen LogP contribution in [0.5, 0.6) is 0 Å². The molecule has 1 heterocycles. The van der Waals surface area contributed by atoms with Crippen molar-refractivity contribution in [2.75, 3.05) is 5.32 Å². The summed E-state index contributed by atoms with van der Waals surface area (Å²) >= 11 is 0. The van der Waals surface area contributed by atoms with Crippen LogP contribution in [-0.4, -0.2) is 28.7 Å². The predicted octanol–water partition coefficient (Wildman–Crippen LogP) is 3.85. The molecule has 2 atom stereocenters. The Kier molecular flexibility index (Phi) is 3.59. The summed E-state index contributed by atoms with van der Waals surface area (Å²) in [5.41, 5.74) is 4.97. The Labute approximate surface area is 161 Å². The molecule has 5 heteroatoms. The first-order valence-corrected chi connectivity index (χ1v) is 9.27.